The highest BCUT2D eigenvalue weighted by atomic mass is 35.5. The van der Waals surface area contributed by atoms with Gasteiger partial charge in [0.05, 0.1) is 5.02 Å². The average molecular weight is 287 g/mol. The first-order valence-corrected chi connectivity index (χ1v) is 5.60. The van der Waals surface area contributed by atoms with E-state index in [9.17, 15) is 4.79 Å². The van der Waals surface area contributed by atoms with E-state index in [-0.39, 0.29) is 12.6 Å². The van der Waals surface area contributed by atoms with Crippen molar-refractivity contribution in [3.05, 3.63) is 34.6 Å². The largest absolute Gasteiger partial charge is 0.482 e. The minimum atomic E-state index is -0.400. The van der Waals surface area contributed by atoms with E-state index in [1.54, 1.807) is 12.1 Å². The number of hydrogen-bond donors (Lipinski definition) is 1. The van der Waals surface area contributed by atoms with Gasteiger partial charge in [-0.15, -0.1) is 10.2 Å². The van der Waals surface area contributed by atoms with Crippen LogP contribution in [0.5, 0.6) is 5.75 Å². The van der Waals surface area contributed by atoms with Crippen LogP contribution in [0.15, 0.2) is 24.5 Å². The molecule has 0 aliphatic carbocycles. The Hall–Kier alpha value is -1.79. The zero-order valence-electron chi connectivity index (χ0n) is 9.01. The van der Waals surface area contributed by atoms with Crippen molar-refractivity contribution in [1.29, 1.82) is 0 Å². The lowest BCUT2D eigenvalue weighted by Gasteiger charge is -2.07. The second-order valence-electron chi connectivity index (χ2n) is 3.32. The zero-order valence-corrected chi connectivity index (χ0v) is 10.5. The van der Waals surface area contributed by atoms with Gasteiger partial charge in [0.1, 0.15) is 12.1 Å². The molecule has 8 heteroatoms. The van der Waals surface area contributed by atoms with Crippen molar-refractivity contribution in [3.63, 3.8) is 0 Å². The number of ether oxygens (including phenoxy) is 1. The second kappa shape index (κ2) is 5.24. The molecule has 0 aliphatic heterocycles. The Kier molecular flexibility index (Phi) is 3.69. The van der Waals surface area contributed by atoms with Crippen LogP contribution in [0.2, 0.25) is 10.0 Å². The SMILES string of the molecule is Nc1nncn1C(=O)COc1ccc(Cl)cc1Cl. The van der Waals surface area contributed by atoms with Crippen molar-refractivity contribution in [2.45, 2.75) is 0 Å². The van der Waals surface area contributed by atoms with Crippen molar-refractivity contribution in [2.75, 3.05) is 12.3 Å². The molecular formula is C10H8Cl2N4O2. The molecule has 0 aliphatic rings. The van der Waals surface area contributed by atoms with Crippen molar-refractivity contribution in [2.24, 2.45) is 0 Å². The van der Waals surface area contributed by atoms with Gasteiger partial charge in [-0.2, -0.15) is 0 Å². The topological polar surface area (TPSA) is 83.0 Å². The van der Waals surface area contributed by atoms with Crippen LogP contribution in [-0.4, -0.2) is 27.3 Å². The van der Waals surface area contributed by atoms with E-state index in [1.807, 2.05) is 0 Å². The van der Waals surface area contributed by atoms with Crippen LogP contribution in [-0.2, 0) is 0 Å². The fourth-order valence-corrected chi connectivity index (χ4v) is 1.70. The van der Waals surface area contributed by atoms with Gasteiger partial charge in [0.15, 0.2) is 6.61 Å². The highest BCUT2D eigenvalue weighted by Crippen LogP contribution is 2.27. The standard InChI is InChI=1S/C10H8Cl2N4O2/c11-6-1-2-8(7(12)3-6)18-4-9(17)16-5-14-15-10(16)13/h1-3,5H,4H2,(H2,13,15). The molecule has 1 heterocycles. The van der Waals surface area contributed by atoms with E-state index >= 15 is 0 Å². The highest BCUT2D eigenvalue weighted by molar-refractivity contribution is 6.35. The maximum atomic E-state index is 11.7. The molecule has 0 atom stereocenters. The van der Waals surface area contributed by atoms with Crippen molar-refractivity contribution < 1.29 is 9.53 Å². The summed E-state index contributed by atoms with van der Waals surface area (Å²) in [6.07, 6.45) is 1.21. The number of anilines is 1. The summed E-state index contributed by atoms with van der Waals surface area (Å²) in [5.41, 5.74) is 5.43. The molecule has 2 aromatic rings. The van der Waals surface area contributed by atoms with Crippen LogP contribution in [0.25, 0.3) is 0 Å². The Balaban J connectivity index is 2.04. The zero-order chi connectivity index (χ0) is 13.1. The number of hydrogen-bond acceptors (Lipinski definition) is 5. The quantitative estimate of drug-likeness (QED) is 0.932. The van der Waals surface area contributed by atoms with Gasteiger partial charge in [0.2, 0.25) is 5.95 Å². The van der Waals surface area contributed by atoms with Crippen LogP contribution in [0.4, 0.5) is 5.95 Å². The molecule has 94 valence electrons. The number of aromatic nitrogens is 3. The molecule has 18 heavy (non-hydrogen) atoms. The number of rotatable bonds is 3. The number of nitrogens with zero attached hydrogens (tertiary/aromatic N) is 3. The maximum Gasteiger partial charge on any atom is 0.272 e. The average Bonchev–Trinajstić information content (AvgIpc) is 2.74. The van der Waals surface area contributed by atoms with Gasteiger partial charge in [0.25, 0.3) is 5.91 Å². The van der Waals surface area contributed by atoms with Crippen LogP contribution in [0, 0.1) is 0 Å². The molecule has 0 radical (unpaired) electrons. The predicted octanol–water partition coefficient (Wildman–Crippen LogP) is 1.89. The summed E-state index contributed by atoms with van der Waals surface area (Å²) in [6.45, 7) is -0.233. The fraction of sp³-hybridized carbons (Fsp3) is 0.100. The number of nitrogen functional groups attached to an aromatic ring is 1. The van der Waals surface area contributed by atoms with Gasteiger partial charge in [-0.05, 0) is 18.2 Å². The Bertz CT molecular complexity index is 585. The lowest BCUT2D eigenvalue weighted by molar-refractivity contribution is 0.0840. The van der Waals surface area contributed by atoms with Gasteiger partial charge in [-0.1, -0.05) is 23.2 Å². The molecular weight excluding hydrogens is 279 g/mol. The fourth-order valence-electron chi connectivity index (χ4n) is 1.24. The van der Waals surface area contributed by atoms with E-state index in [0.717, 1.165) is 4.57 Å². The van der Waals surface area contributed by atoms with E-state index < -0.39 is 5.91 Å². The third kappa shape index (κ3) is 2.72. The molecule has 1 aromatic heterocycles. The third-order valence-corrected chi connectivity index (χ3v) is 2.62. The molecule has 0 amide bonds. The number of carbonyl (C=O) groups excluding carboxylic acids is 1. The van der Waals surface area contributed by atoms with Crippen molar-refractivity contribution in [1.82, 2.24) is 14.8 Å². The molecule has 2 N–H and O–H groups in total. The summed E-state index contributed by atoms with van der Waals surface area (Å²) < 4.78 is 6.35. The molecule has 0 bridgehead atoms. The Labute approximate surface area is 112 Å². The van der Waals surface area contributed by atoms with Gasteiger partial charge in [-0.25, -0.2) is 4.57 Å². The van der Waals surface area contributed by atoms with E-state index in [2.05, 4.69) is 10.2 Å². The number of nitrogens with two attached hydrogens (primary N) is 1. The van der Waals surface area contributed by atoms with Crippen LogP contribution in [0.1, 0.15) is 4.79 Å². The summed E-state index contributed by atoms with van der Waals surface area (Å²) in [5.74, 6) is -0.0321. The van der Waals surface area contributed by atoms with E-state index in [0.29, 0.717) is 15.8 Å². The Morgan fingerprint density at radius 3 is 2.83 bits per heavy atom. The summed E-state index contributed by atoms with van der Waals surface area (Å²) in [7, 11) is 0. The van der Waals surface area contributed by atoms with E-state index in [4.69, 9.17) is 33.7 Å². The van der Waals surface area contributed by atoms with Gasteiger partial charge >= 0.3 is 0 Å². The third-order valence-electron chi connectivity index (χ3n) is 2.09. The van der Waals surface area contributed by atoms with Crippen LogP contribution in [0.3, 0.4) is 0 Å². The van der Waals surface area contributed by atoms with Gasteiger partial charge in [0, 0.05) is 5.02 Å². The summed E-state index contributed by atoms with van der Waals surface area (Å²) in [4.78, 5) is 11.7. The molecule has 2 rings (SSSR count). The van der Waals surface area contributed by atoms with Gasteiger partial charge < -0.3 is 10.5 Å². The lowest BCUT2D eigenvalue weighted by atomic mass is 10.3. The summed E-state index contributed by atoms with van der Waals surface area (Å²) in [5, 5.41) is 7.80. The van der Waals surface area contributed by atoms with Crippen molar-refractivity contribution in [3.8, 4) is 5.75 Å². The second-order valence-corrected chi connectivity index (χ2v) is 4.16. The molecule has 0 spiro atoms. The molecule has 0 saturated heterocycles. The number of halogens is 2. The first-order chi connectivity index (χ1) is 8.58. The Morgan fingerprint density at radius 2 is 2.22 bits per heavy atom. The maximum absolute atomic E-state index is 11.7. The van der Waals surface area contributed by atoms with Crippen molar-refractivity contribution >= 4 is 35.1 Å². The Morgan fingerprint density at radius 1 is 1.44 bits per heavy atom. The summed E-state index contributed by atoms with van der Waals surface area (Å²) >= 11 is 11.6. The van der Waals surface area contributed by atoms with E-state index in [1.165, 1.54) is 12.4 Å². The number of benzene rings is 1. The number of carbonyl (C=O) groups is 1. The molecule has 0 saturated carbocycles. The highest BCUT2D eigenvalue weighted by Gasteiger charge is 2.11. The molecule has 0 unspecified atom stereocenters. The monoisotopic (exact) mass is 286 g/mol. The smallest absolute Gasteiger partial charge is 0.272 e. The molecule has 6 nitrogen and oxygen atoms in total. The minimum absolute atomic E-state index is 0.00537. The molecule has 0 fully saturated rings. The predicted molar refractivity (Wildman–Crippen MR) is 67.0 cm³/mol. The van der Waals surface area contributed by atoms with Crippen LogP contribution < -0.4 is 10.5 Å². The molecule has 1 aromatic carbocycles. The minimum Gasteiger partial charge on any atom is -0.482 e. The van der Waals surface area contributed by atoms with Crippen LogP contribution >= 0.6 is 23.2 Å². The van der Waals surface area contributed by atoms with Gasteiger partial charge in [-0.3, -0.25) is 4.79 Å². The lowest BCUT2D eigenvalue weighted by Crippen LogP contribution is -2.20. The summed E-state index contributed by atoms with van der Waals surface area (Å²) in [6, 6.07) is 4.71. The first-order valence-electron chi connectivity index (χ1n) is 4.84. The normalized spacial score (nSPS) is 10.3. The first kappa shape index (κ1) is 12.7.